The normalized spacial score (nSPS) is 21.0. The largest absolute Gasteiger partial charge is 0.478 e. The number of nitrogens with zero attached hydrogens (tertiary/aromatic N) is 2. The molecule has 2 amide bonds. The summed E-state index contributed by atoms with van der Waals surface area (Å²) < 4.78 is 11.4. The Morgan fingerprint density at radius 1 is 1.41 bits per heavy atom. The Kier molecular flexibility index (Phi) is 5.82. The van der Waals surface area contributed by atoms with Crippen LogP contribution in [0.1, 0.15) is 31.2 Å². The molecule has 4 rings (SSSR count). The number of anilines is 1. The van der Waals surface area contributed by atoms with Crippen LogP contribution in [0.15, 0.2) is 23.6 Å². The second-order valence-electron chi connectivity index (χ2n) is 7.31. The molecule has 1 fully saturated rings. The van der Waals surface area contributed by atoms with E-state index in [1.807, 2.05) is 37.4 Å². The van der Waals surface area contributed by atoms with Crippen molar-refractivity contribution in [3.05, 3.63) is 28.6 Å². The van der Waals surface area contributed by atoms with E-state index >= 15 is 0 Å². The number of rotatable bonds is 6. The van der Waals surface area contributed by atoms with Gasteiger partial charge in [-0.3, -0.25) is 14.5 Å². The maximum atomic E-state index is 12.9. The number of carbonyl (C=O) groups is 2. The average molecular weight is 416 g/mol. The third-order valence-corrected chi connectivity index (χ3v) is 5.97. The number of carbonyl (C=O) groups excluding carboxylic acids is 2. The monoisotopic (exact) mass is 415 g/mol. The quantitative estimate of drug-likeness (QED) is 0.785. The first-order valence-corrected chi connectivity index (χ1v) is 10.9. The van der Waals surface area contributed by atoms with Crippen molar-refractivity contribution in [2.24, 2.45) is 0 Å². The number of hydrogen-bond acceptors (Lipinski definition) is 6. The number of ether oxygens (including phenoxy) is 2. The fourth-order valence-electron chi connectivity index (χ4n) is 3.63. The summed E-state index contributed by atoms with van der Waals surface area (Å²) in [6.07, 6.45) is 2.00. The summed E-state index contributed by atoms with van der Waals surface area (Å²) in [5.41, 5.74) is 2.35. The van der Waals surface area contributed by atoms with Gasteiger partial charge >= 0.3 is 0 Å². The molecule has 2 aliphatic heterocycles. The van der Waals surface area contributed by atoms with Crippen LogP contribution in [-0.4, -0.2) is 48.7 Å². The van der Waals surface area contributed by atoms with Gasteiger partial charge in [0.1, 0.15) is 12.3 Å². The smallest absolute Gasteiger partial charge is 0.268 e. The van der Waals surface area contributed by atoms with Crippen molar-refractivity contribution in [2.75, 3.05) is 24.6 Å². The first-order valence-electron chi connectivity index (χ1n) is 9.98. The zero-order valence-electron chi connectivity index (χ0n) is 16.6. The molecule has 0 saturated carbocycles. The van der Waals surface area contributed by atoms with Gasteiger partial charge in [-0.25, -0.2) is 4.98 Å². The molecule has 2 aliphatic rings. The minimum Gasteiger partial charge on any atom is -0.478 e. The van der Waals surface area contributed by atoms with E-state index in [4.69, 9.17) is 9.47 Å². The molecule has 3 heterocycles. The number of aryl methyl sites for hydroxylation is 1. The molecule has 1 aromatic heterocycles. The average Bonchev–Trinajstić information content (AvgIpc) is 3.39. The maximum Gasteiger partial charge on any atom is 0.268 e. The lowest BCUT2D eigenvalue weighted by Crippen LogP contribution is -2.50. The van der Waals surface area contributed by atoms with Crippen LogP contribution in [0.25, 0.3) is 11.3 Å². The van der Waals surface area contributed by atoms with Gasteiger partial charge in [-0.15, -0.1) is 11.3 Å². The van der Waals surface area contributed by atoms with Crippen molar-refractivity contribution in [1.29, 1.82) is 0 Å². The molecule has 2 atom stereocenters. The highest BCUT2D eigenvalue weighted by molar-refractivity contribution is 7.09. The molecule has 154 valence electrons. The van der Waals surface area contributed by atoms with E-state index < -0.39 is 6.10 Å². The van der Waals surface area contributed by atoms with Crippen LogP contribution >= 0.6 is 11.3 Å². The second-order valence-corrected chi connectivity index (χ2v) is 8.37. The van der Waals surface area contributed by atoms with Crippen LogP contribution in [0.3, 0.4) is 0 Å². The maximum absolute atomic E-state index is 12.9. The van der Waals surface area contributed by atoms with Gasteiger partial charge in [0.2, 0.25) is 5.91 Å². The Hall–Kier alpha value is -2.45. The third-order valence-electron chi connectivity index (χ3n) is 5.20. The number of hydrogen-bond donors (Lipinski definition) is 1. The summed E-state index contributed by atoms with van der Waals surface area (Å²) in [4.78, 5) is 31.6. The Morgan fingerprint density at radius 3 is 2.97 bits per heavy atom. The molecular weight excluding hydrogens is 390 g/mol. The van der Waals surface area contributed by atoms with Crippen LogP contribution in [0, 0.1) is 6.92 Å². The molecule has 0 spiro atoms. The molecule has 2 aromatic rings. The number of nitrogens with one attached hydrogen (secondary N) is 1. The molecule has 1 N–H and O–H groups in total. The zero-order chi connectivity index (χ0) is 20.4. The van der Waals surface area contributed by atoms with Gasteiger partial charge in [-0.1, -0.05) is 6.92 Å². The Morgan fingerprint density at radius 2 is 2.28 bits per heavy atom. The van der Waals surface area contributed by atoms with E-state index in [-0.39, 0.29) is 24.5 Å². The molecule has 8 heteroatoms. The van der Waals surface area contributed by atoms with Crippen molar-refractivity contribution in [2.45, 2.75) is 45.3 Å². The van der Waals surface area contributed by atoms with E-state index in [0.717, 1.165) is 35.7 Å². The molecule has 0 bridgehead atoms. The molecule has 0 radical (unpaired) electrons. The van der Waals surface area contributed by atoms with Crippen LogP contribution in [0.4, 0.5) is 5.69 Å². The summed E-state index contributed by atoms with van der Waals surface area (Å²) in [5, 5.41) is 5.85. The summed E-state index contributed by atoms with van der Waals surface area (Å²) in [5.74, 6) is 0.212. The summed E-state index contributed by atoms with van der Waals surface area (Å²) in [7, 11) is 0. The molecule has 1 saturated heterocycles. The van der Waals surface area contributed by atoms with E-state index in [0.29, 0.717) is 24.4 Å². The van der Waals surface area contributed by atoms with Gasteiger partial charge < -0.3 is 14.8 Å². The van der Waals surface area contributed by atoms with Gasteiger partial charge in [0, 0.05) is 24.1 Å². The van der Waals surface area contributed by atoms with Gasteiger partial charge in [0.05, 0.1) is 22.5 Å². The van der Waals surface area contributed by atoms with Gasteiger partial charge in [0.25, 0.3) is 5.91 Å². The topological polar surface area (TPSA) is 80.8 Å². The number of fused-ring (bicyclic) bond motifs is 1. The SMILES string of the molecule is CCC1Oc2ccc(-c3csc(C)n3)cc2N(CC(=O)NCC2CCCO2)C1=O. The van der Waals surface area contributed by atoms with Crippen LogP contribution in [-0.2, 0) is 14.3 Å². The Bertz CT molecular complexity index is 907. The summed E-state index contributed by atoms with van der Waals surface area (Å²) in [6.45, 7) is 5.02. The van der Waals surface area contributed by atoms with Crippen LogP contribution in [0.2, 0.25) is 0 Å². The van der Waals surface area contributed by atoms with Crippen LogP contribution < -0.4 is 15.0 Å². The molecule has 7 nitrogen and oxygen atoms in total. The predicted molar refractivity (Wildman–Crippen MR) is 111 cm³/mol. The number of thiazole rings is 1. The zero-order valence-corrected chi connectivity index (χ0v) is 17.5. The first-order chi connectivity index (χ1) is 14.0. The van der Waals surface area contributed by atoms with Gasteiger partial charge in [-0.05, 0) is 44.4 Å². The number of aromatic nitrogens is 1. The van der Waals surface area contributed by atoms with Gasteiger partial charge in [0.15, 0.2) is 6.10 Å². The van der Waals surface area contributed by atoms with Crippen molar-refractivity contribution >= 4 is 28.8 Å². The van der Waals surface area contributed by atoms with E-state index in [9.17, 15) is 9.59 Å². The number of amides is 2. The van der Waals surface area contributed by atoms with Gasteiger partial charge in [-0.2, -0.15) is 0 Å². The minimum atomic E-state index is -0.583. The van der Waals surface area contributed by atoms with Crippen molar-refractivity contribution in [1.82, 2.24) is 10.3 Å². The fourth-order valence-corrected chi connectivity index (χ4v) is 4.26. The standard InChI is InChI=1S/C21H25N3O4S/c1-3-18-21(26)24(11-20(25)22-10-15-5-4-8-27-15)17-9-14(6-7-19(17)28-18)16-12-29-13(2)23-16/h6-7,9,12,15,18H,3-5,8,10-11H2,1-2H3,(H,22,25). The summed E-state index contributed by atoms with van der Waals surface area (Å²) in [6, 6.07) is 5.66. The predicted octanol–water partition coefficient (Wildman–Crippen LogP) is 2.92. The van der Waals surface area contributed by atoms with E-state index in [1.165, 1.54) is 4.90 Å². The molecule has 1 aromatic carbocycles. The molecule has 0 aliphatic carbocycles. The highest BCUT2D eigenvalue weighted by Crippen LogP contribution is 2.38. The van der Waals surface area contributed by atoms with E-state index in [1.54, 1.807) is 11.3 Å². The van der Waals surface area contributed by atoms with Crippen molar-refractivity contribution < 1.29 is 19.1 Å². The Labute approximate surface area is 174 Å². The Balaban J connectivity index is 1.56. The molecule has 2 unspecified atom stereocenters. The number of benzene rings is 1. The first kappa shape index (κ1) is 19.8. The minimum absolute atomic E-state index is 0.0437. The molecular formula is C21H25N3O4S. The highest BCUT2D eigenvalue weighted by atomic mass is 32.1. The summed E-state index contributed by atoms with van der Waals surface area (Å²) >= 11 is 1.57. The lowest BCUT2D eigenvalue weighted by Gasteiger charge is -2.34. The fraction of sp³-hybridized carbons (Fsp3) is 0.476. The van der Waals surface area contributed by atoms with Crippen molar-refractivity contribution in [3.8, 4) is 17.0 Å². The van der Waals surface area contributed by atoms with E-state index in [2.05, 4.69) is 10.3 Å². The van der Waals surface area contributed by atoms with Crippen molar-refractivity contribution in [3.63, 3.8) is 0 Å². The highest BCUT2D eigenvalue weighted by Gasteiger charge is 2.35. The van der Waals surface area contributed by atoms with Crippen LogP contribution in [0.5, 0.6) is 5.75 Å². The molecule has 29 heavy (non-hydrogen) atoms. The second kappa shape index (κ2) is 8.51. The lowest BCUT2D eigenvalue weighted by molar-refractivity contribution is -0.129. The third kappa shape index (κ3) is 4.28. The lowest BCUT2D eigenvalue weighted by atomic mass is 10.1.